The zero-order valence-corrected chi connectivity index (χ0v) is 38.4. The Morgan fingerprint density at radius 1 is 0.500 bits per heavy atom. The number of carbonyl (C=O) groups excluding carboxylic acids is 2. The average Bonchev–Trinajstić information content (AvgIpc) is 3.25. The largest absolute Gasteiger partial charge is 0.500 e. The predicted octanol–water partition coefficient (Wildman–Crippen LogP) is 4.11. The minimum Gasteiger partial charge on any atom is -0.469 e. The van der Waals surface area contributed by atoms with Gasteiger partial charge >= 0.3 is 30.4 Å². The van der Waals surface area contributed by atoms with E-state index < -0.39 is 30.4 Å². The van der Waals surface area contributed by atoms with E-state index in [0.717, 1.165) is 19.3 Å². The van der Waals surface area contributed by atoms with Crippen LogP contribution in [0.1, 0.15) is 57.8 Å². The number of unbranched alkanes of at least 4 members (excludes halogenated alkanes) is 3. The van der Waals surface area contributed by atoms with Gasteiger partial charge in [-0.1, -0.05) is 12.8 Å². The van der Waals surface area contributed by atoms with Crippen molar-refractivity contribution >= 4 is 36.3 Å². The highest BCUT2D eigenvalue weighted by molar-refractivity contribution is 7.48. The lowest BCUT2D eigenvalue weighted by molar-refractivity contribution is -0.142. The minimum atomic E-state index is -3.92. The fourth-order valence-electron chi connectivity index (χ4n) is 4.44. The summed E-state index contributed by atoms with van der Waals surface area (Å²) in [6.45, 7) is 3.06. The van der Waals surface area contributed by atoms with E-state index in [1.165, 1.54) is 28.4 Å². The first-order chi connectivity index (χ1) is 29.1. The van der Waals surface area contributed by atoms with Gasteiger partial charge in [0, 0.05) is 40.3 Å². The summed E-state index contributed by atoms with van der Waals surface area (Å²) in [7, 11) is -4.83. The molecule has 0 aromatic rings. The maximum Gasteiger partial charge on any atom is 0.500 e. The Labute approximate surface area is 355 Å². The number of esters is 1. The molecule has 0 aliphatic carbocycles. The summed E-state index contributed by atoms with van der Waals surface area (Å²) in [6, 6.07) is 4.25. The lowest BCUT2D eigenvalue weighted by atomic mass is 10.2. The van der Waals surface area contributed by atoms with Crippen LogP contribution in [0.3, 0.4) is 0 Å². The molecule has 25 heteroatoms. The van der Waals surface area contributed by atoms with Gasteiger partial charge in [-0.15, -0.1) is 0 Å². The number of phosphoric acid groups is 2. The summed E-state index contributed by atoms with van der Waals surface area (Å²) < 4.78 is 106. The molecule has 0 aliphatic heterocycles. The molecule has 22 nitrogen and oxygen atoms in total. The van der Waals surface area contributed by atoms with Crippen LogP contribution in [0, 0.1) is 22.7 Å². The zero-order valence-electron chi connectivity index (χ0n) is 35.6. The molecule has 60 heavy (non-hydrogen) atoms. The fraction of sp³-hybridized carbons (Fsp3) is 0.886. The third kappa shape index (κ3) is 33.6. The Kier molecular flexibility index (Phi) is 38.6. The quantitative estimate of drug-likeness (QED) is 0.0390. The van der Waals surface area contributed by atoms with Crippen LogP contribution < -0.4 is 5.32 Å². The number of ether oxygens (including phenoxy) is 6. The van der Waals surface area contributed by atoms with E-state index in [-0.39, 0.29) is 97.7 Å². The van der Waals surface area contributed by atoms with Gasteiger partial charge < -0.3 is 47.0 Å². The molecule has 0 saturated carbocycles. The normalized spacial score (nSPS) is 13.6. The van der Waals surface area contributed by atoms with Crippen molar-refractivity contribution in [3.8, 4) is 12.1 Å². The van der Waals surface area contributed by atoms with Gasteiger partial charge in [-0.25, -0.2) is 9.13 Å². The van der Waals surface area contributed by atoms with Gasteiger partial charge in [0.15, 0.2) is 0 Å². The number of amides is 1. The highest BCUT2D eigenvalue weighted by atomic mass is 31.2. The van der Waals surface area contributed by atoms with Crippen molar-refractivity contribution in [2.24, 2.45) is 0 Å². The summed E-state index contributed by atoms with van der Waals surface area (Å²) in [6.07, 6.45) is 3.46. The average molecular weight is 924 g/mol. The Morgan fingerprint density at radius 3 is 1.30 bits per heavy atom. The molecule has 0 spiro atoms. The zero-order chi connectivity index (χ0) is 44.5. The van der Waals surface area contributed by atoms with E-state index in [1.807, 2.05) is 12.1 Å². The molecule has 2 unspecified atom stereocenters. The van der Waals surface area contributed by atoms with Gasteiger partial charge in [0.25, 0.3) is 0 Å². The number of nitrogens with one attached hydrogen (secondary N) is 1. The maximum atomic E-state index is 12.9. The molecule has 1 amide bonds. The fourth-order valence-corrected chi connectivity index (χ4v) is 8.51. The van der Waals surface area contributed by atoms with Crippen LogP contribution in [0.25, 0.3) is 0 Å². The number of nitriles is 2. The van der Waals surface area contributed by atoms with E-state index in [4.69, 9.17) is 74.6 Å². The molecule has 2 atom stereocenters. The van der Waals surface area contributed by atoms with Gasteiger partial charge in [0.05, 0.1) is 144 Å². The molecule has 0 aromatic heterocycles. The Hall–Kier alpha value is -1.96. The van der Waals surface area contributed by atoms with E-state index >= 15 is 0 Å². The summed E-state index contributed by atoms with van der Waals surface area (Å²) in [4.78, 5) is 22.8. The first-order valence-corrected chi connectivity index (χ1v) is 24.6. The second kappa shape index (κ2) is 39.9. The molecule has 0 aliphatic rings. The SMILES string of the molecule is COC(=O)CCC(=O)NCCCCCCOP(=O)(OCCC#N)OCCOCCOCCOCCOCCOCCOP(=O)(OCCC#N)OCCC[Si](OC)(OC)OC. The smallest absolute Gasteiger partial charge is 0.469 e. The summed E-state index contributed by atoms with van der Waals surface area (Å²) in [5.74, 6) is -0.644. The first-order valence-electron chi connectivity index (χ1n) is 19.8. The molecular formula is C35H67N3O19P2Si. The topological polar surface area (TPSA) is 266 Å². The summed E-state index contributed by atoms with van der Waals surface area (Å²) in [5, 5.41) is 20.3. The number of nitrogens with zero attached hydrogens (tertiary/aromatic N) is 2. The highest BCUT2D eigenvalue weighted by Gasteiger charge is 2.37. The second-order valence-corrected chi connectivity index (χ2v) is 18.4. The summed E-state index contributed by atoms with van der Waals surface area (Å²) >= 11 is 0. The molecular weight excluding hydrogens is 856 g/mol. The van der Waals surface area contributed by atoms with Crippen molar-refractivity contribution in [1.82, 2.24) is 5.32 Å². The third-order valence-electron chi connectivity index (χ3n) is 7.60. The van der Waals surface area contributed by atoms with Gasteiger partial charge in [0.2, 0.25) is 5.91 Å². The van der Waals surface area contributed by atoms with Crippen molar-refractivity contribution in [2.75, 3.05) is 141 Å². The van der Waals surface area contributed by atoms with Crippen LogP contribution in [0.5, 0.6) is 0 Å². The third-order valence-corrected chi connectivity index (χ3v) is 13.4. The number of methoxy groups -OCH3 is 1. The van der Waals surface area contributed by atoms with Crippen LogP contribution in [0.4, 0.5) is 0 Å². The molecule has 0 bridgehead atoms. The summed E-state index contributed by atoms with van der Waals surface area (Å²) in [5.41, 5.74) is 0. The van der Waals surface area contributed by atoms with Gasteiger partial charge in [-0.05, 0) is 19.3 Å². The number of carbonyl (C=O) groups is 2. The molecule has 0 radical (unpaired) electrons. The standard InChI is InChI=1S/C35H67N3O19P2Si/c1-43-35(40)13-12-34(39)38-16-7-5-6-8-17-52-58(41,53-18-9-14-36)56-31-29-50-27-25-48-23-21-47-22-24-49-26-28-51-30-32-57-59(42,54-19-10-15-37)55-20-11-33-60(44-2,45-3)46-4/h5-13,16-33H2,1-4H3,(H,38,39). The molecule has 0 rings (SSSR count). The van der Waals surface area contributed by atoms with Crippen LogP contribution >= 0.6 is 15.6 Å². The van der Waals surface area contributed by atoms with Crippen LogP contribution in [-0.2, 0) is 87.6 Å². The number of hydrogen-bond acceptors (Lipinski definition) is 21. The highest BCUT2D eigenvalue weighted by Crippen LogP contribution is 2.50. The van der Waals surface area contributed by atoms with Gasteiger partial charge in [-0.3, -0.25) is 36.7 Å². The van der Waals surface area contributed by atoms with Crippen molar-refractivity contribution in [1.29, 1.82) is 10.5 Å². The van der Waals surface area contributed by atoms with Crippen LogP contribution in [-0.4, -0.2) is 161 Å². The van der Waals surface area contributed by atoms with E-state index in [2.05, 4.69) is 10.1 Å². The number of hydrogen-bond donors (Lipinski definition) is 1. The molecule has 1 N–H and O–H groups in total. The monoisotopic (exact) mass is 923 g/mol. The molecule has 0 aromatic carbocycles. The Balaban J connectivity index is 3.93. The molecule has 350 valence electrons. The second-order valence-electron chi connectivity index (χ2n) is 12.0. The Bertz CT molecular complexity index is 1250. The lowest BCUT2D eigenvalue weighted by Gasteiger charge is -2.24. The predicted molar refractivity (Wildman–Crippen MR) is 214 cm³/mol. The van der Waals surface area contributed by atoms with E-state index in [9.17, 15) is 18.7 Å². The number of phosphoric ester groups is 2. The van der Waals surface area contributed by atoms with Gasteiger partial charge in [-0.2, -0.15) is 10.5 Å². The molecule has 0 fully saturated rings. The van der Waals surface area contributed by atoms with Crippen LogP contribution in [0.15, 0.2) is 0 Å². The Morgan fingerprint density at radius 2 is 0.883 bits per heavy atom. The van der Waals surface area contributed by atoms with Crippen molar-refractivity contribution in [3.63, 3.8) is 0 Å². The van der Waals surface area contributed by atoms with Crippen LogP contribution in [0.2, 0.25) is 6.04 Å². The van der Waals surface area contributed by atoms with E-state index in [1.54, 1.807) is 0 Å². The lowest BCUT2D eigenvalue weighted by Crippen LogP contribution is -2.42. The number of rotatable bonds is 45. The molecule has 0 heterocycles. The maximum absolute atomic E-state index is 12.9. The van der Waals surface area contributed by atoms with Crippen molar-refractivity contribution < 1.29 is 87.6 Å². The van der Waals surface area contributed by atoms with Crippen molar-refractivity contribution in [3.05, 3.63) is 0 Å². The van der Waals surface area contributed by atoms with E-state index in [0.29, 0.717) is 65.1 Å². The first kappa shape index (κ1) is 58.0. The minimum absolute atomic E-state index is 0.0226. The van der Waals surface area contributed by atoms with Crippen molar-refractivity contribution in [2.45, 2.75) is 63.8 Å². The van der Waals surface area contributed by atoms with Gasteiger partial charge in [0.1, 0.15) is 0 Å². The molecule has 0 saturated heterocycles.